The molecule has 74 heavy (non-hydrogen) atoms. The van der Waals surface area contributed by atoms with Crippen LogP contribution in [0.3, 0.4) is 0 Å². The molecule has 15 nitrogen and oxygen atoms in total. The SMILES string of the molecule is COc1ccc(NC2CCN(C3CC4(CCN(c5ccc(C(=O)NS(=O)(=O)c6ccc(NCC7CCC(C)(O)CC7)c([N+](=O)[O-])c6)c(Oc6cnc7sccc7c6)c5)CC4)C3)C(c3ccccc3C(C)C)C2)cc1. The molecule has 6 aromatic rings. The van der Waals surface area contributed by atoms with Gasteiger partial charge >= 0.3 is 0 Å². The van der Waals surface area contributed by atoms with Crippen molar-refractivity contribution >= 4 is 60.2 Å². The number of anilines is 3. The summed E-state index contributed by atoms with van der Waals surface area (Å²) in [6.07, 6.45) is 10.8. The summed E-state index contributed by atoms with van der Waals surface area (Å²) in [4.78, 5) is 35.8. The van der Waals surface area contributed by atoms with Gasteiger partial charge in [0, 0.05) is 73.2 Å². The van der Waals surface area contributed by atoms with Crippen molar-refractivity contribution in [2.24, 2.45) is 11.3 Å². The third-order valence-corrected chi connectivity index (χ3v) is 18.4. The van der Waals surface area contributed by atoms with Crippen LogP contribution in [0.15, 0.2) is 114 Å². The van der Waals surface area contributed by atoms with E-state index in [9.17, 15) is 28.4 Å². The van der Waals surface area contributed by atoms with Gasteiger partial charge in [-0.05, 0) is 166 Å². The van der Waals surface area contributed by atoms with Crippen molar-refractivity contribution in [2.75, 3.05) is 48.8 Å². The number of pyridine rings is 1. The maximum atomic E-state index is 14.1. The number of fused-ring (bicyclic) bond motifs is 1. The number of nitro groups is 1. The molecule has 1 amide bonds. The number of rotatable bonds is 16. The number of hydrogen-bond donors (Lipinski definition) is 4. The first-order valence-corrected chi connectivity index (χ1v) is 28.4. The van der Waals surface area contributed by atoms with E-state index in [-0.39, 0.29) is 28.3 Å². The lowest BCUT2D eigenvalue weighted by Crippen LogP contribution is -2.57. The highest BCUT2D eigenvalue weighted by Gasteiger charge is 2.50. The Labute approximate surface area is 437 Å². The molecular weight excluding hydrogens is 975 g/mol. The molecule has 2 aliphatic carbocycles. The van der Waals surface area contributed by atoms with Gasteiger partial charge in [-0.2, -0.15) is 0 Å². The highest BCUT2D eigenvalue weighted by molar-refractivity contribution is 7.90. The average Bonchev–Trinajstić information content (AvgIpc) is 3.86. The summed E-state index contributed by atoms with van der Waals surface area (Å²) >= 11 is 1.50. The molecule has 2 saturated heterocycles. The molecule has 2 saturated carbocycles. The van der Waals surface area contributed by atoms with Crippen LogP contribution in [0.4, 0.5) is 22.7 Å². The van der Waals surface area contributed by atoms with E-state index in [4.69, 9.17) is 9.47 Å². The summed E-state index contributed by atoms with van der Waals surface area (Å²) in [5, 5.41) is 32.4. The molecule has 2 aliphatic heterocycles. The second kappa shape index (κ2) is 21.2. The Morgan fingerprint density at radius 3 is 2.42 bits per heavy atom. The monoisotopic (exact) mass is 1040 g/mol. The van der Waals surface area contributed by atoms with Crippen molar-refractivity contribution in [3.63, 3.8) is 0 Å². The Kier molecular flexibility index (Phi) is 14.6. The zero-order chi connectivity index (χ0) is 51.8. The minimum absolute atomic E-state index is 0.0196. The second-order valence-electron chi connectivity index (χ2n) is 21.6. The molecule has 4 fully saturated rings. The van der Waals surface area contributed by atoms with Crippen molar-refractivity contribution in [1.82, 2.24) is 14.6 Å². The summed E-state index contributed by atoms with van der Waals surface area (Å²) in [7, 11) is -2.89. The highest BCUT2D eigenvalue weighted by atomic mass is 32.2. The van der Waals surface area contributed by atoms with Crippen LogP contribution in [-0.2, 0) is 10.0 Å². The first-order chi connectivity index (χ1) is 35.5. The fourth-order valence-electron chi connectivity index (χ4n) is 11.9. The summed E-state index contributed by atoms with van der Waals surface area (Å²) < 4.78 is 41.7. The van der Waals surface area contributed by atoms with Gasteiger partial charge in [0.25, 0.3) is 21.6 Å². The quantitative estimate of drug-likeness (QED) is 0.0530. The Balaban J connectivity index is 0.830. The normalized spacial score (nSPS) is 22.3. The fraction of sp³-hybridized carbons (Fsp3) is 0.439. The molecule has 10 rings (SSSR count). The number of nitrogens with zero attached hydrogens (tertiary/aromatic N) is 4. The second-order valence-corrected chi connectivity index (χ2v) is 24.2. The molecule has 17 heteroatoms. The van der Waals surface area contributed by atoms with Crippen LogP contribution >= 0.6 is 11.3 Å². The van der Waals surface area contributed by atoms with Crippen LogP contribution in [0.25, 0.3) is 10.2 Å². The molecular formula is C57H67N7O8S2. The molecule has 390 valence electrons. The van der Waals surface area contributed by atoms with Gasteiger partial charge in [0.15, 0.2) is 0 Å². The third kappa shape index (κ3) is 11.2. The maximum Gasteiger partial charge on any atom is 0.293 e. The van der Waals surface area contributed by atoms with Crippen LogP contribution in [-0.4, -0.2) is 85.2 Å². The summed E-state index contributed by atoms with van der Waals surface area (Å²) in [6.45, 7) is 9.48. The van der Waals surface area contributed by atoms with Gasteiger partial charge in [-0.1, -0.05) is 38.1 Å². The van der Waals surface area contributed by atoms with E-state index in [1.807, 2.05) is 42.6 Å². The number of sulfonamides is 1. The molecule has 2 aromatic heterocycles. The topological polar surface area (TPSA) is 188 Å². The van der Waals surface area contributed by atoms with E-state index < -0.39 is 37.0 Å². The van der Waals surface area contributed by atoms with Crippen LogP contribution in [0.2, 0.25) is 0 Å². The van der Waals surface area contributed by atoms with Gasteiger partial charge in [-0.25, -0.2) is 18.1 Å². The van der Waals surface area contributed by atoms with Gasteiger partial charge in [-0.15, -0.1) is 11.3 Å². The number of ether oxygens (including phenoxy) is 2. The number of aliphatic hydroxyl groups is 1. The number of carbonyl (C=O) groups excluding carboxylic acids is 1. The smallest absolute Gasteiger partial charge is 0.293 e. The van der Waals surface area contributed by atoms with E-state index in [1.54, 1.807) is 25.4 Å². The van der Waals surface area contributed by atoms with Crippen molar-refractivity contribution in [3.8, 4) is 17.2 Å². The summed E-state index contributed by atoms with van der Waals surface area (Å²) in [6, 6.07) is 30.9. The molecule has 2 unspecified atom stereocenters. The predicted octanol–water partition coefficient (Wildman–Crippen LogP) is 11.7. The van der Waals surface area contributed by atoms with Crippen molar-refractivity contribution < 1.29 is 32.7 Å². The lowest BCUT2D eigenvalue weighted by atomic mass is 9.59. The Bertz CT molecular complexity index is 3100. The van der Waals surface area contributed by atoms with E-state index in [2.05, 4.69) is 80.4 Å². The minimum atomic E-state index is -4.58. The van der Waals surface area contributed by atoms with E-state index >= 15 is 0 Å². The van der Waals surface area contributed by atoms with Gasteiger partial charge in [0.1, 0.15) is 27.8 Å². The zero-order valence-electron chi connectivity index (χ0n) is 42.6. The molecule has 4 heterocycles. The number of benzene rings is 4. The summed E-state index contributed by atoms with van der Waals surface area (Å²) in [5.74, 6) is 1.06. The molecule has 0 bridgehead atoms. The van der Waals surface area contributed by atoms with Crippen molar-refractivity contribution in [2.45, 2.75) is 120 Å². The number of piperidine rings is 2. The number of nitrogens with one attached hydrogen (secondary N) is 3. The molecule has 4 N–H and O–H groups in total. The van der Waals surface area contributed by atoms with Crippen molar-refractivity contribution in [1.29, 1.82) is 0 Å². The highest BCUT2D eigenvalue weighted by Crippen LogP contribution is 2.54. The lowest BCUT2D eigenvalue weighted by molar-refractivity contribution is -0.384. The average molecular weight is 1040 g/mol. The standard InChI is InChI=1S/C57H67N7O8S2/c1-37(2)47-7-5-6-8-48(47)51-30-41(60-40-9-12-44(71-4)13-10-40)19-25-63(51)43-33-57(34-43)23-26-62(27-24-57)42-11-15-49(53(31-42)72-45-29-39-20-28-73-55(39)59-36-45)54(65)61-74(69,70)46-14-16-50(52(32-46)64(67)68)58-35-38-17-21-56(3,66)22-18-38/h5-16,20,28-29,31-32,36-38,41,43,51,58,60,66H,17-19,21-27,30,33-35H2,1-4H3,(H,61,65). The van der Waals surface area contributed by atoms with Crippen molar-refractivity contribution in [3.05, 3.63) is 135 Å². The number of likely N-dealkylation sites (tertiary alicyclic amines) is 1. The zero-order valence-corrected chi connectivity index (χ0v) is 44.2. The number of carbonyl (C=O) groups is 1. The summed E-state index contributed by atoms with van der Waals surface area (Å²) in [5.41, 5.74) is 4.06. The number of hydrogen-bond acceptors (Lipinski definition) is 14. The Morgan fingerprint density at radius 1 is 0.932 bits per heavy atom. The van der Waals surface area contributed by atoms with Gasteiger partial charge in [-0.3, -0.25) is 19.8 Å². The van der Waals surface area contributed by atoms with E-state index in [1.165, 1.54) is 34.6 Å². The first-order valence-electron chi connectivity index (χ1n) is 26.0. The van der Waals surface area contributed by atoms with E-state index in [0.717, 1.165) is 104 Å². The number of methoxy groups -OCH3 is 1. The fourth-order valence-corrected chi connectivity index (χ4v) is 13.6. The molecule has 0 radical (unpaired) electrons. The predicted molar refractivity (Wildman–Crippen MR) is 291 cm³/mol. The maximum absolute atomic E-state index is 14.1. The molecule has 4 aromatic carbocycles. The number of amides is 1. The van der Waals surface area contributed by atoms with Crippen LogP contribution in [0.1, 0.15) is 118 Å². The van der Waals surface area contributed by atoms with Crippen LogP contribution in [0.5, 0.6) is 17.2 Å². The Hall–Kier alpha value is -6.27. The van der Waals surface area contributed by atoms with Crippen LogP contribution in [0, 0.1) is 21.4 Å². The number of thiophene rings is 1. The van der Waals surface area contributed by atoms with Crippen LogP contribution < -0.4 is 29.7 Å². The molecule has 4 aliphatic rings. The largest absolute Gasteiger partial charge is 0.497 e. The number of aromatic nitrogens is 1. The van der Waals surface area contributed by atoms with Gasteiger partial charge < -0.3 is 30.1 Å². The minimum Gasteiger partial charge on any atom is -0.497 e. The van der Waals surface area contributed by atoms with Gasteiger partial charge in [0.2, 0.25) is 0 Å². The molecule has 1 spiro atoms. The Morgan fingerprint density at radius 2 is 1.69 bits per heavy atom. The van der Waals surface area contributed by atoms with E-state index in [0.29, 0.717) is 49.2 Å². The first kappa shape index (κ1) is 51.2. The number of nitro benzene ring substituents is 1. The third-order valence-electron chi connectivity index (χ3n) is 16.3. The van der Waals surface area contributed by atoms with Gasteiger partial charge in [0.05, 0.1) is 34.3 Å². The molecule has 2 atom stereocenters. The lowest BCUT2D eigenvalue weighted by Gasteiger charge is -2.58.